The van der Waals surface area contributed by atoms with Gasteiger partial charge in [-0.15, -0.1) is 0 Å². The molecule has 1 unspecified atom stereocenters. The fourth-order valence-corrected chi connectivity index (χ4v) is 2.66. The Bertz CT molecular complexity index is 150. The minimum atomic E-state index is 0.766. The summed E-state index contributed by atoms with van der Waals surface area (Å²) in [6.45, 7) is 7.11. The first-order chi connectivity index (χ1) is 6.73. The lowest BCUT2D eigenvalue weighted by Crippen LogP contribution is -1.98. The van der Waals surface area contributed by atoms with Gasteiger partial charge in [0.15, 0.2) is 0 Å². The zero-order valence-electron chi connectivity index (χ0n) is 10.4. The SMILES string of the molecule is CCCCCCC1C[C@]1(C)CCCC. The van der Waals surface area contributed by atoms with Gasteiger partial charge in [0.25, 0.3) is 0 Å². The third-order valence-corrected chi connectivity index (χ3v) is 4.05. The average Bonchev–Trinajstić information content (AvgIpc) is 2.82. The molecule has 84 valence electrons. The third-order valence-electron chi connectivity index (χ3n) is 4.05. The molecule has 0 aromatic carbocycles. The molecule has 0 spiro atoms. The molecule has 14 heavy (non-hydrogen) atoms. The molecule has 0 amide bonds. The van der Waals surface area contributed by atoms with Gasteiger partial charge in [-0.3, -0.25) is 0 Å². The van der Waals surface area contributed by atoms with Crippen molar-refractivity contribution >= 4 is 0 Å². The Hall–Kier alpha value is 0. The molecule has 1 fully saturated rings. The molecular weight excluding hydrogens is 168 g/mol. The van der Waals surface area contributed by atoms with Gasteiger partial charge in [-0.2, -0.15) is 0 Å². The van der Waals surface area contributed by atoms with Gasteiger partial charge in [0.1, 0.15) is 0 Å². The summed E-state index contributed by atoms with van der Waals surface area (Å²) in [6, 6.07) is 0. The lowest BCUT2D eigenvalue weighted by atomic mass is 9.96. The summed E-state index contributed by atoms with van der Waals surface area (Å²) in [4.78, 5) is 0. The zero-order valence-corrected chi connectivity index (χ0v) is 10.4. The van der Waals surface area contributed by atoms with Crippen LogP contribution < -0.4 is 0 Å². The predicted octanol–water partition coefficient (Wildman–Crippen LogP) is 5.17. The van der Waals surface area contributed by atoms with Crippen LogP contribution in [0.25, 0.3) is 0 Å². The van der Waals surface area contributed by atoms with E-state index in [9.17, 15) is 0 Å². The molecule has 0 aromatic rings. The maximum atomic E-state index is 2.51. The predicted molar refractivity (Wildman–Crippen MR) is 64.5 cm³/mol. The number of hydrogen-bond donors (Lipinski definition) is 0. The highest BCUT2D eigenvalue weighted by Gasteiger charge is 2.47. The first kappa shape index (κ1) is 12.1. The van der Waals surface area contributed by atoms with Crippen LogP contribution in [0.1, 0.15) is 78.6 Å². The van der Waals surface area contributed by atoms with Gasteiger partial charge >= 0.3 is 0 Å². The van der Waals surface area contributed by atoms with Crippen LogP contribution in [-0.2, 0) is 0 Å². The van der Waals surface area contributed by atoms with Crippen molar-refractivity contribution in [3.63, 3.8) is 0 Å². The van der Waals surface area contributed by atoms with Gasteiger partial charge < -0.3 is 0 Å². The Morgan fingerprint density at radius 1 is 1.00 bits per heavy atom. The fourth-order valence-electron chi connectivity index (χ4n) is 2.66. The molecule has 0 radical (unpaired) electrons. The molecule has 1 aliphatic carbocycles. The van der Waals surface area contributed by atoms with E-state index >= 15 is 0 Å². The van der Waals surface area contributed by atoms with Crippen LogP contribution in [-0.4, -0.2) is 0 Å². The van der Waals surface area contributed by atoms with Gasteiger partial charge in [0, 0.05) is 0 Å². The molecule has 2 atom stereocenters. The van der Waals surface area contributed by atoms with E-state index in [-0.39, 0.29) is 0 Å². The molecule has 0 aromatic heterocycles. The Morgan fingerprint density at radius 2 is 1.71 bits per heavy atom. The van der Waals surface area contributed by atoms with E-state index < -0.39 is 0 Å². The second-order valence-electron chi connectivity index (χ2n) is 5.51. The van der Waals surface area contributed by atoms with E-state index in [1.54, 1.807) is 0 Å². The van der Waals surface area contributed by atoms with E-state index in [0.29, 0.717) is 0 Å². The number of rotatable bonds is 8. The summed E-state index contributed by atoms with van der Waals surface area (Å²) in [7, 11) is 0. The van der Waals surface area contributed by atoms with Crippen molar-refractivity contribution in [3.8, 4) is 0 Å². The van der Waals surface area contributed by atoms with Gasteiger partial charge in [-0.25, -0.2) is 0 Å². The molecule has 1 aliphatic rings. The highest BCUT2D eigenvalue weighted by molar-refractivity contribution is 4.97. The van der Waals surface area contributed by atoms with Gasteiger partial charge in [-0.1, -0.05) is 59.3 Å². The van der Waals surface area contributed by atoms with Crippen LogP contribution in [0.3, 0.4) is 0 Å². The van der Waals surface area contributed by atoms with E-state index in [2.05, 4.69) is 20.8 Å². The molecule has 0 saturated heterocycles. The first-order valence-electron chi connectivity index (χ1n) is 6.73. The largest absolute Gasteiger partial charge is 0.0654 e. The van der Waals surface area contributed by atoms with Crippen molar-refractivity contribution in [1.29, 1.82) is 0 Å². The van der Waals surface area contributed by atoms with E-state index in [1.807, 2.05) is 0 Å². The minimum absolute atomic E-state index is 0.766. The molecule has 0 heteroatoms. The minimum Gasteiger partial charge on any atom is -0.0654 e. The first-order valence-corrected chi connectivity index (χ1v) is 6.73. The maximum absolute atomic E-state index is 2.51. The van der Waals surface area contributed by atoms with E-state index in [0.717, 1.165) is 11.3 Å². The average molecular weight is 196 g/mol. The van der Waals surface area contributed by atoms with E-state index in [1.165, 1.54) is 57.8 Å². The summed E-state index contributed by atoms with van der Waals surface area (Å²) in [6.07, 6.45) is 13.1. The summed E-state index contributed by atoms with van der Waals surface area (Å²) in [5.74, 6) is 1.09. The maximum Gasteiger partial charge on any atom is -0.0294 e. The third kappa shape index (κ3) is 3.63. The molecular formula is C14H28. The highest BCUT2D eigenvalue weighted by atomic mass is 14.5. The van der Waals surface area contributed by atoms with Crippen LogP contribution in [0, 0.1) is 11.3 Å². The second kappa shape index (κ2) is 5.78. The van der Waals surface area contributed by atoms with Crippen LogP contribution in [0.15, 0.2) is 0 Å². The standard InChI is InChI=1S/C14H28/c1-4-6-8-9-10-13-12-14(13,3)11-7-5-2/h13H,4-12H2,1-3H3/t13?,14-/m0/s1. The van der Waals surface area contributed by atoms with Crippen LogP contribution in [0.5, 0.6) is 0 Å². The summed E-state index contributed by atoms with van der Waals surface area (Å²) < 4.78 is 0. The Labute approximate surface area is 90.5 Å². The lowest BCUT2D eigenvalue weighted by Gasteiger charge is -2.09. The van der Waals surface area contributed by atoms with Crippen molar-refractivity contribution in [3.05, 3.63) is 0 Å². The fraction of sp³-hybridized carbons (Fsp3) is 1.00. The normalized spacial score (nSPS) is 30.6. The lowest BCUT2D eigenvalue weighted by molar-refractivity contribution is 0.420. The van der Waals surface area contributed by atoms with Gasteiger partial charge in [-0.05, 0) is 30.6 Å². The van der Waals surface area contributed by atoms with E-state index in [4.69, 9.17) is 0 Å². The summed E-state index contributed by atoms with van der Waals surface area (Å²) in [5, 5.41) is 0. The van der Waals surface area contributed by atoms with Crippen LogP contribution in [0.2, 0.25) is 0 Å². The summed E-state index contributed by atoms with van der Waals surface area (Å²) >= 11 is 0. The quantitative estimate of drug-likeness (QED) is 0.470. The Morgan fingerprint density at radius 3 is 2.36 bits per heavy atom. The van der Waals surface area contributed by atoms with Gasteiger partial charge in [0.2, 0.25) is 0 Å². The Balaban J connectivity index is 2.00. The van der Waals surface area contributed by atoms with Crippen molar-refractivity contribution in [1.82, 2.24) is 0 Å². The smallest absolute Gasteiger partial charge is 0.0294 e. The Kier molecular flexibility index (Phi) is 4.98. The molecule has 0 bridgehead atoms. The monoisotopic (exact) mass is 196 g/mol. The van der Waals surface area contributed by atoms with Crippen molar-refractivity contribution in [2.45, 2.75) is 78.6 Å². The number of unbranched alkanes of at least 4 members (excludes halogenated alkanes) is 4. The highest BCUT2D eigenvalue weighted by Crippen LogP contribution is 2.57. The zero-order chi connectivity index (χ0) is 10.4. The second-order valence-corrected chi connectivity index (χ2v) is 5.51. The topological polar surface area (TPSA) is 0 Å². The summed E-state index contributed by atoms with van der Waals surface area (Å²) in [5.41, 5.74) is 0.766. The van der Waals surface area contributed by atoms with Crippen LogP contribution >= 0.6 is 0 Å². The molecule has 1 saturated carbocycles. The number of hydrogen-bond acceptors (Lipinski definition) is 0. The van der Waals surface area contributed by atoms with Crippen molar-refractivity contribution in [2.24, 2.45) is 11.3 Å². The van der Waals surface area contributed by atoms with Crippen LogP contribution in [0.4, 0.5) is 0 Å². The molecule has 1 rings (SSSR count). The van der Waals surface area contributed by atoms with Crippen molar-refractivity contribution in [2.75, 3.05) is 0 Å². The molecule has 0 heterocycles. The van der Waals surface area contributed by atoms with Gasteiger partial charge in [0.05, 0.1) is 0 Å². The molecule has 0 N–H and O–H groups in total. The van der Waals surface area contributed by atoms with Crippen molar-refractivity contribution < 1.29 is 0 Å². The molecule has 0 aliphatic heterocycles. The molecule has 0 nitrogen and oxygen atoms in total.